The third-order valence-corrected chi connectivity index (χ3v) is 3.22. The highest BCUT2D eigenvalue weighted by molar-refractivity contribution is 6.22. The van der Waals surface area contributed by atoms with Gasteiger partial charge in [0.05, 0.1) is 5.57 Å². The Bertz CT molecular complexity index is 378. The summed E-state index contributed by atoms with van der Waals surface area (Å²) in [5.74, 6) is 0.221. The molecule has 0 aromatic carbocycles. The molecule has 1 aliphatic carbocycles. The molecular formula is C14H23NO2. The molecule has 17 heavy (non-hydrogen) atoms. The van der Waals surface area contributed by atoms with Crippen LogP contribution >= 0.6 is 0 Å². The van der Waals surface area contributed by atoms with E-state index in [-0.39, 0.29) is 23.0 Å². The second-order valence-electron chi connectivity index (χ2n) is 5.73. The van der Waals surface area contributed by atoms with Crippen LogP contribution < -0.4 is 0 Å². The van der Waals surface area contributed by atoms with Crippen molar-refractivity contribution in [1.82, 2.24) is 0 Å². The van der Waals surface area contributed by atoms with Gasteiger partial charge in [-0.1, -0.05) is 20.8 Å². The zero-order valence-electron chi connectivity index (χ0n) is 11.5. The standard InChI is InChI=1S/C14H23NO2/c1-6-9(2)15-10(3)13-11(16)7-14(4,5)8-12(13)17/h9,16H,6-8H2,1-5H3. The monoisotopic (exact) mass is 237 g/mol. The van der Waals surface area contributed by atoms with Gasteiger partial charge in [-0.15, -0.1) is 0 Å². The van der Waals surface area contributed by atoms with Gasteiger partial charge in [0.25, 0.3) is 0 Å². The minimum absolute atomic E-state index is 0.0169. The molecule has 0 spiro atoms. The lowest BCUT2D eigenvalue weighted by molar-refractivity contribution is -0.117. The number of carbonyl (C=O) groups excluding carboxylic acids is 1. The Morgan fingerprint density at radius 3 is 2.53 bits per heavy atom. The summed E-state index contributed by atoms with van der Waals surface area (Å²) in [7, 11) is 0. The first-order chi connectivity index (χ1) is 7.76. The van der Waals surface area contributed by atoms with Crippen LogP contribution in [0.25, 0.3) is 0 Å². The van der Waals surface area contributed by atoms with Crippen LogP contribution in [-0.2, 0) is 4.79 Å². The molecule has 0 aliphatic heterocycles. The number of hydrogen-bond acceptors (Lipinski definition) is 3. The fourth-order valence-corrected chi connectivity index (χ4v) is 2.19. The zero-order chi connectivity index (χ0) is 13.2. The minimum Gasteiger partial charge on any atom is -0.511 e. The van der Waals surface area contributed by atoms with Crippen molar-refractivity contribution >= 4 is 11.5 Å². The van der Waals surface area contributed by atoms with Gasteiger partial charge >= 0.3 is 0 Å². The second-order valence-corrected chi connectivity index (χ2v) is 5.73. The lowest BCUT2D eigenvalue weighted by Gasteiger charge is -2.29. The summed E-state index contributed by atoms with van der Waals surface area (Å²) in [6, 6.07) is 0.193. The van der Waals surface area contributed by atoms with Crippen LogP contribution in [0.4, 0.5) is 0 Å². The van der Waals surface area contributed by atoms with Crippen LogP contribution in [0.5, 0.6) is 0 Å². The van der Waals surface area contributed by atoms with Crippen molar-refractivity contribution < 1.29 is 9.90 Å². The van der Waals surface area contributed by atoms with E-state index in [4.69, 9.17) is 0 Å². The number of Topliss-reactive ketones (excluding diaryl/α,β-unsaturated/α-hetero) is 1. The molecule has 0 heterocycles. The fraction of sp³-hybridized carbons (Fsp3) is 0.714. The van der Waals surface area contributed by atoms with Gasteiger partial charge in [-0.05, 0) is 25.7 Å². The lowest BCUT2D eigenvalue weighted by Crippen LogP contribution is -2.28. The molecule has 0 aromatic rings. The summed E-state index contributed by atoms with van der Waals surface area (Å²) >= 11 is 0. The predicted molar refractivity (Wildman–Crippen MR) is 70.5 cm³/mol. The van der Waals surface area contributed by atoms with Gasteiger partial charge < -0.3 is 5.11 Å². The van der Waals surface area contributed by atoms with Gasteiger partial charge in [-0.3, -0.25) is 9.79 Å². The summed E-state index contributed by atoms with van der Waals surface area (Å²) in [5, 5.41) is 10.0. The first-order valence-electron chi connectivity index (χ1n) is 6.27. The Balaban J connectivity index is 3.05. The van der Waals surface area contributed by atoms with Crippen molar-refractivity contribution in [2.24, 2.45) is 10.4 Å². The van der Waals surface area contributed by atoms with Crippen LogP contribution in [0.1, 0.15) is 53.9 Å². The molecular weight excluding hydrogens is 214 g/mol. The molecule has 1 rings (SSSR count). The molecule has 96 valence electrons. The summed E-state index contributed by atoms with van der Waals surface area (Å²) in [6.07, 6.45) is 1.98. The van der Waals surface area contributed by atoms with E-state index in [9.17, 15) is 9.90 Å². The van der Waals surface area contributed by atoms with Crippen LogP contribution in [-0.4, -0.2) is 22.6 Å². The third-order valence-electron chi connectivity index (χ3n) is 3.22. The van der Waals surface area contributed by atoms with Crippen molar-refractivity contribution in [2.75, 3.05) is 0 Å². The van der Waals surface area contributed by atoms with Crippen LogP contribution in [0.2, 0.25) is 0 Å². The SMILES string of the molecule is CCC(C)N=C(C)C1=C(O)CC(C)(C)CC1=O. The first-order valence-corrected chi connectivity index (χ1v) is 6.27. The number of allylic oxidation sites excluding steroid dienone is 2. The number of carbonyl (C=O) groups is 1. The normalized spacial score (nSPS) is 22.9. The molecule has 0 saturated carbocycles. The lowest BCUT2D eigenvalue weighted by atomic mass is 9.76. The maximum Gasteiger partial charge on any atom is 0.168 e. The smallest absolute Gasteiger partial charge is 0.168 e. The molecule has 0 bridgehead atoms. The number of aliphatic hydroxyl groups is 1. The van der Waals surface area contributed by atoms with Crippen LogP contribution in [0.15, 0.2) is 16.3 Å². The molecule has 0 saturated heterocycles. The van der Waals surface area contributed by atoms with Crippen molar-refractivity contribution in [2.45, 2.75) is 59.9 Å². The topological polar surface area (TPSA) is 49.7 Å². The van der Waals surface area contributed by atoms with Crippen molar-refractivity contribution in [3.8, 4) is 0 Å². The average molecular weight is 237 g/mol. The molecule has 3 nitrogen and oxygen atoms in total. The summed E-state index contributed by atoms with van der Waals surface area (Å²) in [4.78, 5) is 16.5. The number of ketones is 1. The van der Waals surface area contributed by atoms with Crippen LogP contribution in [0, 0.1) is 5.41 Å². The quantitative estimate of drug-likeness (QED) is 0.764. The first kappa shape index (κ1) is 13.9. The van der Waals surface area contributed by atoms with Gasteiger partial charge in [0.15, 0.2) is 5.78 Å². The molecule has 3 heteroatoms. The highest BCUT2D eigenvalue weighted by atomic mass is 16.3. The van der Waals surface area contributed by atoms with Gasteiger partial charge in [-0.25, -0.2) is 0 Å². The molecule has 1 unspecified atom stereocenters. The van der Waals surface area contributed by atoms with E-state index in [1.807, 2.05) is 27.7 Å². The molecule has 0 aromatic heterocycles. The van der Waals surface area contributed by atoms with E-state index in [0.29, 0.717) is 24.1 Å². The predicted octanol–water partition coefficient (Wildman–Crippen LogP) is 3.45. The summed E-state index contributed by atoms with van der Waals surface area (Å²) in [6.45, 7) is 9.88. The minimum atomic E-state index is -0.138. The average Bonchev–Trinajstić information content (AvgIpc) is 2.13. The van der Waals surface area contributed by atoms with E-state index < -0.39 is 0 Å². The van der Waals surface area contributed by atoms with Crippen molar-refractivity contribution in [1.29, 1.82) is 0 Å². The largest absolute Gasteiger partial charge is 0.511 e. The second kappa shape index (κ2) is 5.03. The van der Waals surface area contributed by atoms with E-state index in [1.54, 1.807) is 0 Å². The summed E-state index contributed by atoms with van der Waals surface area (Å²) < 4.78 is 0. The van der Waals surface area contributed by atoms with Gasteiger partial charge in [0, 0.05) is 24.6 Å². The van der Waals surface area contributed by atoms with E-state index in [2.05, 4.69) is 11.9 Å². The number of aliphatic hydroxyl groups excluding tert-OH is 1. The Morgan fingerprint density at radius 1 is 1.47 bits per heavy atom. The third kappa shape index (κ3) is 3.42. The van der Waals surface area contributed by atoms with E-state index >= 15 is 0 Å². The Labute approximate surface area is 104 Å². The fourth-order valence-electron chi connectivity index (χ4n) is 2.19. The highest BCUT2D eigenvalue weighted by Crippen LogP contribution is 2.36. The molecule has 0 radical (unpaired) electrons. The van der Waals surface area contributed by atoms with Gasteiger partial charge in [0.1, 0.15) is 5.76 Å². The van der Waals surface area contributed by atoms with Crippen molar-refractivity contribution in [3.05, 3.63) is 11.3 Å². The Morgan fingerprint density at radius 2 is 2.06 bits per heavy atom. The molecule has 1 aliphatic rings. The highest BCUT2D eigenvalue weighted by Gasteiger charge is 2.33. The summed E-state index contributed by atoms with van der Waals surface area (Å²) in [5.41, 5.74) is 0.989. The molecule has 0 fully saturated rings. The number of rotatable bonds is 3. The van der Waals surface area contributed by atoms with Gasteiger partial charge in [0.2, 0.25) is 0 Å². The molecule has 0 amide bonds. The Kier molecular flexibility index (Phi) is 4.12. The zero-order valence-corrected chi connectivity index (χ0v) is 11.5. The molecule has 1 N–H and O–H groups in total. The van der Waals surface area contributed by atoms with E-state index in [0.717, 1.165) is 6.42 Å². The van der Waals surface area contributed by atoms with Gasteiger partial charge in [-0.2, -0.15) is 0 Å². The Hall–Kier alpha value is -1.12. The van der Waals surface area contributed by atoms with E-state index in [1.165, 1.54) is 0 Å². The molecule has 1 atom stereocenters. The maximum absolute atomic E-state index is 12.0. The number of hydrogen-bond donors (Lipinski definition) is 1. The maximum atomic E-state index is 12.0. The van der Waals surface area contributed by atoms with Crippen LogP contribution in [0.3, 0.4) is 0 Å². The number of nitrogens with zero attached hydrogens (tertiary/aromatic N) is 1. The number of aliphatic imine (C=N–C) groups is 1. The van der Waals surface area contributed by atoms with Crippen molar-refractivity contribution in [3.63, 3.8) is 0 Å².